The Morgan fingerprint density at radius 1 is 1.03 bits per heavy atom. The maximum absolute atomic E-state index is 12.6. The number of nitrogens with one attached hydrogen (secondary N) is 2. The average molecular weight is 423 g/mol. The third kappa shape index (κ3) is 5.30. The normalized spacial score (nSPS) is 10.3. The summed E-state index contributed by atoms with van der Waals surface area (Å²) in [6.45, 7) is 3.83. The first-order chi connectivity index (χ1) is 14.5. The van der Waals surface area contributed by atoms with Crippen LogP contribution in [0.5, 0.6) is 0 Å². The van der Waals surface area contributed by atoms with Crippen LogP contribution in [0.1, 0.15) is 39.4 Å². The molecule has 0 saturated carbocycles. The van der Waals surface area contributed by atoms with Crippen molar-refractivity contribution < 1.29 is 19.1 Å². The summed E-state index contributed by atoms with van der Waals surface area (Å²) in [6, 6.07) is 16.1. The average Bonchev–Trinajstić information content (AvgIpc) is 3.17. The maximum atomic E-state index is 12.6. The van der Waals surface area contributed by atoms with Gasteiger partial charge in [0, 0.05) is 24.6 Å². The van der Waals surface area contributed by atoms with Gasteiger partial charge in [-0.1, -0.05) is 53.8 Å². The van der Waals surface area contributed by atoms with Crippen LogP contribution in [0.25, 0.3) is 11.3 Å². The molecule has 1 heterocycles. The van der Waals surface area contributed by atoms with Crippen molar-refractivity contribution in [1.29, 1.82) is 0 Å². The molecular formula is C22H21N3O4S. The molecular weight excluding hydrogens is 402 g/mol. The molecule has 0 atom stereocenters. The lowest BCUT2D eigenvalue weighted by Gasteiger charge is -2.05. The molecule has 30 heavy (non-hydrogen) atoms. The molecule has 0 spiro atoms. The summed E-state index contributed by atoms with van der Waals surface area (Å²) in [5, 5.41) is 5.76. The molecule has 1 aromatic heterocycles. The van der Waals surface area contributed by atoms with Crippen molar-refractivity contribution in [1.82, 2.24) is 10.3 Å². The van der Waals surface area contributed by atoms with Gasteiger partial charge in [-0.25, -0.2) is 9.78 Å². The number of thiazole rings is 1. The molecule has 0 saturated heterocycles. The largest absolute Gasteiger partial charge is 0.462 e. The van der Waals surface area contributed by atoms with Crippen LogP contribution in [-0.4, -0.2) is 29.4 Å². The van der Waals surface area contributed by atoms with Crippen LogP contribution in [0.3, 0.4) is 0 Å². The van der Waals surface area contributed by atoms with E-state index in [4.69, 9.17) is 4.74 Å². The van der Waals surface area contributed by atoms with Gasteiger partial charge < -0.3 is 10.1 Å². The molecule has 2 amide bonds. The number of benzene rings is 2. The molecule has 2 N–H and O–H groups in total. The fraction of sp³-hybridized carbons (Fsp3) is 0.182. The highest BCUT2D eigenvalue weighted by molar-refractivity contribution is 7.18. The summed E-state index contributed by atoms with van der Waals surface area (Å²) < 4.78 is 5.13. The van der Waals surface area contributed by atoms with Gasteiger partial charge in [-0.15, -0.1) is 0 Å². The van der Waals surface area contributed by atoms with E-state index in [-0.39, 0.29) is 18.4 Å². The number of anilines is 1. The van der Waals surface area contributed by atoms with Crippen LogP contribution >= 0.6 is 11.3 Å². The lowest BCUT2D eigenvalue weighted by atomic mass is 10.1. The van der Waals surface area contributed by atoms with Crippen LogP contribution in [0.15, 0.2) is 54.6 Å². The van der Waals surface area contributed by atoms with E-state index in [2.05, 4.69) is 15.6 Å². The van der Waals surface area contributed by atoms with Gasteiger partial charge in [-0.2, -0.15) is 0 Å². The van der Waals surface area contributed by atoms with Gasteiger partial charge in [0.2, 0.25) is 5.91 Å². The third-order valence-corrected chi connectivity index (χ3v) is 5.06. The Balaban J connectivity index is 1.79. The molecule has 0 aliphatic carbocycles. The van der Waals surface area contributed by atoms with E-state index in [0.29, 0.717) is 27.8 Å². The van der Waals surface area contributed by atoms with E-state index in [1.807, 2.05) is 30.3 Å². The quantitative estimate of drug-likeness (QED) is 0.562. The lowest BCUT2D eigenvalue weighted by molar-refractivity contribution is -0.119. The summed E-state index contributed by atoms with van der Waals surface area (Å²) >= 11 is 1.07. The minimum absolute atomic E-state index is 0.118. The number of carbonyl (C=O) groups excluding carboxylic acids is 3. The van der Waals surface area contributed by atoms with Gasteiger partial charge in [-0.3, -0.25) is 14.9 Å². The zero-order valence-electron chi connectivity index (χ0n) is 16.6. The molecule has 3 rings (SSSR count). The predicted molar refractivity (Wildman–Crippen MR) is 115 cm³/mol. The Labute approximate surface area is 178 Å². The zero-order valence-corrected chi connectivity index (χ0v) is 17.4. The van der Waals surface area contributed by atoms with Gasteiger partial charge in [0.15, 0.2) is 5.13 Å². The van der Waals surface area contributed by atoms with Gasteiger partial charge in [0.05, 0.1) is 12.3 Å². The molecule has 3 aromatic rings. The van der Waals surface area contributed by atoms with Crippen molar-refractivity contribution in [2.75, 3.05) is 11.9 Å². The first-order valence-electron chi connectivity index (χ1n) is 9.36. The topological polar surface area (TPSA) is 97.4 Å². The number of nitrogens with zero attached hydrogens (tertiary/aromatic N) is 1. The highest BCUT2D eigenvalue weighted by Gasteiger charge is 2.21. The van der Waals surface area contributed by atoms with Gasteiger partial charge in [0.1, 0.15) is 4.88 Å². The number of hydrogen-bond acceptors (Lipinski definition) is 6. The number of carbonyl (C=O) groups is 3. The summed E-state index contributed by atoms with van der Waals surface area (Å²) in [5.41, 5.74) is 2.56. The molecule has 0 unspecified atom stereocenters. The Morgan fingerprint density at radius 2 is 1.73 bits per heavy atom. The second kappa shape index (κ2) is 9.80. The highest BCUT2D eigenvalue weighted by Crippen LogP contribution is 2.32. The molecule has 7 nitrogen and oxygen atoms in total. The fourth-order valence-corrected chi connectivity index (χ4v) is 3.55. The third-order valence-electron chi connectivity index (χ3n) is 4.11. The number of ether oxygens (including phenoxy) is 1. The Kier molecular flexibility index (Phi) is 6.92. The minimum atomic E-state index is -0.475. The van der Waals surface area contributed by atoms with Gasteiger partial charge in [-0.05, 0) is 24.6 Å². The molecule has 154 valence electrons. The Hall–Kier alpha value is -3.52. The van der Waals surface area contributed by atoms with E-state index in [1.54, 1.807) is 31.2 Å². The molecule has 0 fully saturated rings. The van der Waals surface area contributed by atoms with Crippen molar-refractivity contribution in [2.45, 2.75) is 20.4 Å². The van der Waals surface area contributed by atoms with Gasteiger partial charge in [0.25, 0.3) is 5.91 Å². The zero-order chi connectivity index (χ0) is 21.5. The van der Waals surface area contributed by atoms with Crippen LogP contribution in [0, 0.1) is 0 Å². The lowest BCUT2D eigenvalue weighted by Crippen LogP contribution is -2.19. The summed E-state index contributed by atoms with van der Waals surface area (Å²) in [7, 11) is 0. The monoisotopic (exact) mass is 423 g/mol. The first kappa shape index (κ1) is 21.2. The highest BCUT2D eigenvalue weighted by atomic mass is 32.1. The molecule has 8 heteroatoms. The molecule has 2 aromatic carbocycles. The van der Waals surface area contributed by atoms with Gasteiger partial charge >= 0.3 is 5.97 Å². The predicted octanol–water partition coefficient (Wildman–Crippen LogP) is 3.88. The van der Waals surface area contributed by atoms with Crippen molar-refractivity contribution in [3.63, 3.8) is 0 Å². The number of esters is 1. The standard InChI is InChI=1S/C22H21N3O4S/c1-3-29-21(28)19-18(16-7-5-4-6-8-16)24-22(30-19)25-20(27)17-11-9-15(10-12-17)13-23-14(2)26/h4-12H,3,13H2,1-2H3,(H,23,26)(H,24,25,27). The van der Waals surface area contributed by atoms with Crippen molar-refractivity contribution in [3.8, 4) is 11.3 Å². The fourth-order valence-electron chi connectivity index (χ4n) is 2.67. The number of hydrogen-bond donors (Lipinski definition) is 2. The summed E-state index contributed by atoms with van der Waals surface area (Å²) in [5.74, 6) is -0.936. The Bertz CT molecular complexity index is 1050. The smallest absolute Gasteiger partial charge is 0.350 e. The van der Waals surface area contributed by atoms with Crippen LogP contribution in [0.2, 0.25) is 0 Å². The number of aromatic nitrogens is 1. The first-order valence-corrected chi connectivity index (χ1v) is 10.2. The van der Waals surface area contributed by atoms with Crippen molar-refractivity contribution >= 4 is 34.3 Å². The van der Waals surface area contributed by atoms with Crippen molar-refractivity contribution in [3.05, 3.63) is 70.6 Å². The number of amides is 2. The molecule has 0 aliphatic heterocycles. The number of rotatable bonds is 7. The van der Waals surface area contributed by atoms with E-state index in [1.165, 1.54) is 6.92 Å². The van der Waals surface area contributed by atoms with E-state index >= 15 is 0 Å². The SMILES string of the molecule is CCOC(=O)c1sc(NC(=O)c2ccc(CNC(C)=O)cc2)nc1-c1ccccc1. The van der Waals surface area contributed by atoms with Crippen LogP contribution < -0.4 is 10.6 Å². The van der Waals surface area contributed by atoms with Crippen LogP contribution in [0.4, 0.5) is 5.13 Å². The molecule has 0 radical (unpaired) electrons. The van der Waals surface area contributed by atoms with E-state index in [9.17, 15) is 14.4 Å². The van der Waals surface area contributed by atoms with E-state index < -0.39 is 5.97 Å². The second-order valence-corrected chi connectivity index (χ2v) is 7.34. The van der Waals surface area contributed by atoms with Crippen LogP contribution in [-0.2, 0) is 16.1 Å². The molecule has 0 aliphatic rings. The molecule has 0 bridgehead atoms. The summed E-state index contributed by atoms with van der Waals surface area (Å²) in [6.07, 6.45) is 0. The Morgan fingerprint density at radius 3 is 2.37 bits per heavy atom. The maximum Gasteiger partial charge on any atom is 0.350 e. The summed E-state index contributed by atoms with van der Waals surface area (Å²) in [4.78, 5) is 40.8. The van der Waals surface area contributed by atoms with Crippen molar-refractivity contribution in [2.24, 2.45) is 0 Å². The minimum Gasteiger partial charge on any atom is -0.462 e. The van der Waals surface area contributed by atoms with E-state index in [0.717, 1.165) is 22.5 Å². The second-order valence-electron chi connectivity index (χ2n) is 6.34.